The maximum absolute atomic E-state index is 13.0. The van der Waals surface area contributed by atoms with Crippen molar-refractivity contribution in [1.29, 1.82) is 0 Å². The van der Waals surface area contributed by atoms with Crippen LogP contribution in [0.3, 0.4) is 0 Å². The van der Waals surface area contributed by atoms with Gasteiger partial charge >= 0.3 is 10.4 Å². The summed E-state index contributed by atoms with van der Waals surface area (Å²) in [6.07, 6.45) is 19.9. The number of carbonyl (C=O) groups is 1. The highest BCUT2D eigenvalue weighted by atomic mass is 32.3. The summed E-state index contributed by atoms with van der Waals surface area (Å²) in [4.78, 5) is 13.0. The Morgan fingerprint density at radius 3 is 1.85 bits per heavy atom. The number of ether oxygens (including phenoxy) is 2. The number of aliphatic hydroxyl groups excluding tert-OH is 5. The maximum atomic E-state index is 13.0. The number of hydrogen-bond acceptors (Lipinski definition) is 11. The number of allylic oxidation sites excluding steroid dienone is 5. The van der Waals surface area contributed by atoms with Crippen LogP contribution in [0.25, 0.3) is 0 Å². The van der Waals surface area contributed by atoms with Crippen molar-refractivity contribution >= 4 is 16.3 Å². The molecule has 0 aliphatic carbocycles. The predicted octanol–water partition coefficient (Wildman–Crippen LogP) is 4.96. The molecule has 0 spiro atoms. The van der Waals surface area contributed by atoms with Gasteiger partial charge in [0.05, 0.1) is 25.4 Å². The van der Waals surface area contributed by atoms with Gasteiger partial charge in [-0.2, -0.15) is 8.42 Å². The van der Waals surface area contributed by atoms with Crippen molar-refractivity contribution in [2.75, 3.05) is 13.2 Å². The standard InChI is InChI=1S/C38H69NO12S/c1-3-5-7-9-11-13-14-15-16-17-19-21-23-25-27-32(42)37(45)39-30(31(41)26-24-22-20-18-12-10-8-6-4-2)29-49-38-35(44)36(51-52(46,47)48)34(43)33(28-40)50-38/h4,6,12,18,24,26,30-36,38,40-44H,3,5,7-11,13-17,19-23,25,27-29H2,1-2H3,(H,39,45)(H,46,47,48)/b6-4+,18-12+,26-24+. The minimum atomic E-state index is -5.12. The second-order valence-electron chi connectivity index (χ2n) is 13.7. The summed E-state index contributed by atoms with van der Waals surface area (Å²) < 4.78 is 47.2. The Kier molecular flexibility index (Phi) is 27.5. The van der Waals surface area contributed by atoms with E-state index in [9.17, 15) is 38.7 Å². The molecule has 0 aromatic heterocycles. The number of nitrogens with one attached hydrogen (secondary N) is 1. The monoisotopic (exact) mass is 763 g/mol. The van der Waals surface area contributed by atoms with E-state index in [0.29, 0.717) is 12.8 Å². The number of hydrogen-bond donors (Lipinski definition) is 7. The molecule has 1 fully saturated rings. The average molecular weight is 764 g/mol. The van der Waals surface area contributed by atoms with Crippen molar-refractivity contribution in [2.24, 2.45) is 0 Å². The normalized spacial score (nSPS) is 23.1. The van der Waals surface area contributed by atoms with Crippen LogP contribution in [0.1, 0.15) is 136 Å². The number of amides is 1. The summed E-state index contributed by atoms with van der Waals surface area (Å²) in [5.41, 5.74) is 0. The number of rotatable bonds is 31. The molecule has 1 aliphatic heterocycles. The molecule has 1 rings (SSSR count). The van der Waals surface area contributed by atoms with Crippen LogP contribution in [0, 0.1) is 0 Å². The quantitative estimate of drug-likeness (QED) is 0.0284. The molecule has 52 heavy (non-hydrogen) atoms. The smallest absolute Gasteiger partial charge is 0.394 e. The fraction of sp³-hybridized carbons (Fsp3) is 0.816. The van der Waals surface area contributed by atoms with Crippen molar-refractivity contribution in [3.8, 4) is 0 Å². The molecule has 0 saturated carbocycles. The topological polar surface area (TPSA) is 212 Å². The first kappa shape index (κ1) is 48.3. The van der Waals surface area contributed by atoms with Crippen molar-refractivity contribution in [1.82, 2.24) is 5.32 Å². The number of unbranched alkanes of at least 4 members (excludes halogenated alkanes) is 15. The van der Waals surface area contributed by atoms with Crippen molar-refractivity contribution in [3.05, 3.63) is 36.5 Å². The minimum absolute atomic E-state index is 0.235. The summed E-state index contributed by atoms with van der Waals surface area (Å²) in [5, 5.41) is 54.7. The maximum Gasteiger partial charge on any atom is 0.397 e. The van der Waals surface area contributed by atoms with Crippen LogP contribution in [0.2, 0.25) is 0 Å². The molecule has 8 unspecified atom stereocenters. The third-order valence-electron chi connectivity index (χ3n) is 9.10. The van der Waals surface area contributed by atoms with E-state index in [2.05, 4.69) is 28.6 Å². The van der Waals surface area contributed by atoms with Crippen LogP contribution < -0.4 is 5.32 Å². The zero-order chi connectivity index (χ0) is 38.6. The van der Waals surface area contributed by atoms with Crippen LogP contribution in [0.4, 0.5) is 0 Å². The molecule has 0 aromatic rings. The summed E-state index contributed by atoms with van der Waals surface area (Å²) >= 11 is 0. The van der Waals surface area contributed by atoms with Crippen molar-refractivity contribution in [3.63, 3.8) is 0 Å². The highest BCUT2D eigenvalue weighted by Gasteiger charge is 2.48. The molecule has 304 valence electrons. The molecule has 1 heterocycles. The minimum Gasteiger partial charge on any atom is -0.394 e. The van der Waals surface area contributed by atoms with E-state index in [-0.39, 0.29) is 6.42 Å². The van der Waals surface area contributed by atoms with E-state index in [1.807, 2.05) is 19.1 Å². The molecular formula is C38H69NO12S. The van der Waals surface area contributed by atoms with E-state index in [4.69, 9.17) is 14.0 Å². The third-order valence-corrected chi connectivity index (χ3v) is 9.57. The second kappa shape index (κ2) is 29.6. The summed E-state index contributed by atoms with van der Waals surface area (Å²) in [6, 6.07) is -1.14. The lowest BCUT2D eigenvalue weighted by Crippen LogP contribution is -2.61. The molecule has 7 N–H and O–H groups in total. The fourth-order valence-electron chi connectivity index (χ4n) is 5.97. The van der Waals surface area contributed by atoms with Gasteiger partial charge < -0.3 is 40.3 Å². The van der Waals surface area contributed by atoms with Gasteiger partial charge in [0.2, 0.25) is 5.91 Å². The van der Waals surface area contributed by atoms with Crippen molar-refractivity contribution in [2.45, 2.75) is 185 Å². The zero-order valence-corrected chi connectivity index (χ0v) is 32.3. The third kappa shape index (κ3) is 22.5. The first-order valence-corrected chi connectivity index (χ1v) is 20.8. The van der Waals surface area contributed by atoms with Crippen LogP contribution in [0.15, 0.2) is 36.5 Å². The van der Waals surface area contributed by atoms with Crippen LogP contribution in [-0.4, -0.2) is 107 Å². The number of carbonyl (C=O) groups excluding carboxylic acids is 1. The average Bonchev–Trinajstić information content (AvgIpc) is 3.11. The first-order chi connectivity index (χ1) is 24.9. The molecule has 1 amide bonds. The van der Waals surface area contributed by atoms with Gasteiger partial charge in [0.15, 0.2) is 6.29 Å². The second-order valence-corrected chi connectivity index (χ2v) is 14.7. The molecule has 1 saturated heterocycles. The van der Waals surface area contributed by atoms with E-state index >= 15 is 0 Å². The van der Waals surface area contributed by atoms with Crippen LogP contribution >= 0.6 is 0 Å². The molecule has 0 radical (unpaired) electrons. The Labute approximate surface area is 312 Å². The van der Waals surface area contributed by atoms with Gasteiger partial charge in [0, 0.05) is 0 Å². The van der Waals surface area contributed by atoms with Gasteiger partial charge in [-0.1, -0.05) is 133 Å². The molecule has 13 nitrogen and oxygen atoms in total. The highest BCUT2D eigenvalue weighted by molar-refractivity contribution is 7.80. The molecule has 1 aliphatic rings. The Morgan fingerprint density at radius 1 is 0.808 bits per heavy atom. The largest absolute Gasteiger partial charge is 0.397 e. The molecule has 14 heteroatoms. The van der Waals surface area contributed by atoms with E-state index in [0.717, 1.165) is 38.5 Å². The highest BCUT2D eigenvalue weighted by Crippen LogP contribution is 2.26. The SMILES string of the molecule is C/C=C/CC/C=C/CC/C=C/C(O)C(COC1OC(CO)C(O)C(OS(=O)(=O)O)C1O)NC(=O)C(O)CCCCCCCCCCCCCCCC. The Balaban J connectivity index is 2.67. The summed E-state index contributed by atoms with van der Waals surface area (Å²) in [5.74, 6) is -0.721. The Hall–Kier alpha value is -1.72. The zero-order valence-electron chi connectivity index (χ0n) is 31.5. The van der Waals surface area contributed by atoms with E-state index < -0.39 is 78.5 Å². The lowest BCUT2D eigenvalue weighted by molar-refractivity contribution is -0.298. The van der Waals surface area contributed by atoms with Gasteiger partial charge in [0.1, 0.15) is 30.5 Å². The van der Waals surface area contributed by atoms with Crippen LogP contribution in [0.5, 0.6) is 0 Å². The predicted molar refractivity (Wildman–Crippen MR) is 201 cm³/mol. The summed E-state index contributed by atoms with van der Waals surface area (Å²) in [7, 11) is -5.12. The number of aliphatic hydroxyl groups is 5. The lowest BCUT2D eigenvalue weighted by Gasteiger charge is -2.41. The molecular weight excluding hydrogens is 694 g/mol. The van der Waals surface area contributed by atoms with Gasteiger partial charge in [-0.3, -0.25) is 9.35 Å². The van der Waals surface area contributed by atoms with E-state index in [1.165, 1.54) is 70.3 Å². The van der Waals surface area contributed by atoms with Crippen LogP contribution in [-0.2, 0) is 28.9 Å². The van der Waals surface area contributed by atoms with Gasteiger partial charge in [-0.05, 0) is 39.0 Å². The Morgan fingerprint density at radius 2 is 1.33 bits per heavy atom. The first-order valence-electron chi connectivity index (χ1n) is 19.4. The van der Waals surface area contributed by atoms with Gasteiger partial charge in [-0.25, -0.2) is 4.18 Å². The molecule has 0 bridgehead atoms. The molecule has 8 atom stereocenters. The Bertz CT molecular complexity index is 1100. The summed E-state index contributed by atoms with van der Waals surface area (Å²) in [6.45, 7) is 2.91. The molecule has 0 aromatic carbocycles. The van der Waals surface area contributed by atoms with Gasteiger partial charge in [0.25, 0.3) is 0 Å². The van der Waals surface area contributed by atoms with Crippen molar-refractivity contribution < 1.29 is 57.0 Å². The fourth-order valence-corrected chi connectivity index (χ4v) is 6.48. The lowest BCUT2D eigenvalue weighted by atomic mass is 9.99. The van der Waals surface area contributed by atoms with Gasteiger partial charge in [-0.15, -0.1) is 0 Å². The van der Waals surface area contributed by atoms with E-state index in [1.54, 1.807) is 6.08 Å².